The van der Waals surface area contributed by atoms with Crippen molar-refractivity contribution in [1.82, 2.24) is 4.90 Å². The van der Waals surface area contributed by atoms with Crippen LogP contribution in [0.1, 0.15) is 57.8 Å². The molecule has 4 nitrogen and oxygen atoms in total. The van der Waals surface area contributed by atoms with Gasteiger partial charge in [-0.1, -0.05) is 38.5 Å². The predicted molar refractivity (Wildman–Crippen MR) is 68.8 cm³/mol. The van der Waals surface area contributed by atoms with Crippen molar-refractivity contribution < 1.29 is 14.9 Å². The third-order valence-electron chi connectivity index (χ3n) is 2.84. The Morgan fingerprint density at radius 3 is 1.88 bits per heavy atom. The van der Waals surface area contributed by atoms with Gasteiger partial charge in [0.2, 0.25) is 0 Å². The van der Waals surface area contributed by atoms with Crippen molar-refractivity contribution in [3.05, 3.63) is 0 Å². The van der Waals surface area contributed by atoms with Crippen LogP contribution in [0.5, 0.6) is 0 Å². The highest BCUT2D eigenvalue weighted by Crippen LogP contribution is 2.10. The second-order valence-corrected chi connectivity index (χ2v) is 4.84. The summed E-state index contributed by atoms with van der Waals surface area (Å²) in [7, 11) is 4.22. The number of carbonyl (C=O) groups excluding carboxylic acids is 1. The van der Waals surface area contributed by atoms with Gasteiger partial charge < -0.3 is 9.79 Å². The largest absolute Gasteiger partial charge is 0.342 e. The third-order valence-corrected chi connectivity index (χ3v) is 2.84. The molecule has 0 atom stereocenters. The van der Waals surface area contributed by atoms with Crippen molar-refractivity contribution in [1.29, 1.82) is 0 Å². The SMILES string of the molecule is CN(C)CCCCCCCCCCC(=O)OO. The van der Waals surface area contributed by atoms with E-state index < -0.39 is 5.97 Å². The molecular formula is C13H27NO3. The lowest BCUT2D eigenvalue weighted by Crippen LogP contribution is -2.12. The van der Waals surface area contributed by atoms with E-state index in [0.29, 0.717) is 6.42 Å². The molecule has 0 aliphatic rings. The summed E-state index contributed by atoms with van der Waals surface area (Å²) in [6.45, 7) is 1.18. The van der Waals surface area contributed by atoms with Gasteiger partial charge in [-0.2, -0.15) is 5.26 Å². The Morgan fingerprint density at radius 1 is 0.941 bits per heavy atom. The number of unbranched alkanes of at least 4 members (excludes halogenated alkanes) is 7. The normalized spacial score (nSPS) is 10.8. The monoisotopic (exact) mass is 245 g/mol. The molecular weight excluding hydrogens is 218 g/mol. The van der Waals surface area contributed by atoms with Crippen LogP contribution in [0.4, 0.5) is 0 Å². The first-order chi connectivity index (χ1) is 8.16. The summed E-state index contributed by atoms with van der Waals surface area (Å²) >= 11 is 0. The number of nitrogens with zero attached hydrogens (tertiary/aromatic N) is 1. The van der Waals surface area contributed by atoms with Gasteiger partial charge in [0, 0.05) is 6.42 Å². The highest BCUT2D eigenvalue weighted by molar-refractivity contribution is 5.68. The average Bonchev–Trinajstić information content (AvgIpc) is 2.30. The van der Waals surface area contributed by atoms with Gasteiger partial charge in [0.25, 0.3) is 0 Å². The first-order valence-corrected chi connectivity index (χ1v) is 6.66. The van der Waals surface area contributed by atoms with E-state index in [1.165, 1.54) is 45.1 Å². The summed E-state index contributed by atoms with van der Waals surface area (Å²) in [5.41, 5.74) is 0. The zero-order chi connectivity index (χ0) is 12.9. The van der Waals surface area contributed by atoms with Gasteiger partial charge in [-0.25, -0.2) is 4.79 Å². The first kappa shape index (κ1) is 16.4. The molecule has 0 fully saturated rings. The lowest BCUT2D eigenvalue weighted by Gasteiger charge is -2.08. The van der Waals surface area contributed by atoms with E-state index >= 15 is 0 Å². The molecule has 1 N–H and O–H groups in total. The molecule has 0 amide bonds. The molecule has 102 valence electrons. The summed E-state index contributed by atoms with van der Waals surface area (Å²) in [5.74, 6) is -0.520. The zero-order valence-electron chi connectivity index (χ0n) is 11.3. The fourth-order valence-corrected chi connectivity index (χ4v) is 1.80. The Hall–Kier alpha value is -0.610. The van der Waals surface area contributed by atoms with Crippen molar-refractivity contribution in [2.75, 3.05) is 20.6 Å². The van der Waals surface area contributed by atoms with E-state index in [-0.39, 0.29) is 0 Å². The van der Waals surface area contributed by atoms with Crippen LogP contribution in [0.3, 0.4) is 0 Å². The zero-order valence-corrected chi connectivity index (χ0v) is 11.3. The minimum atomic E-state index is -0.520. The molecule has 0 bridgehead atoms. The van der Waals surface area contributed by atoms with Crippen LogP contribution in [-0.4, -0.2) is 36.8 Å². The summed E-state index contributed by atoms with van der Waals surface area (Å²) in [6.07, 6.45) is 9.82. The summed E-state index contributed by atoms with van der Waals surface area (Å²) in [4.78, 5) is 16.4. The van der Waals surface area contributed by atoms with Crippen molar-refractivity contribution in [3.8, 4) is 0 Å². The number of hydrogen-bond donors (Lipinski definition) is 1. The third kappa shape index (κ3) is 13.3. The van der Waals surface area contributed by atoms with Gasteiger partial charge in [0.05, 0.1) is 0 Å². The van der Waals surface area contributed by atoms with E-state index in [1.807, 2.05) is 0 Å². The Morgan fingerprint density at radius 2 is 1.41 bits per heavy atom. The molecule has 0 aliphatic heterocycles. The number of hydrogen-bond acceptors (Lipinski definition) is 4. The topological polar surface area (TPSA) is 49.8 Å². The summed E-state index contributed by atoms with van der Waals surface area (Å²) < 4.78 is 0. The smallest absolute Gasteiger partial charge is 0.309 e. The van der Waals surface area contributed by atoms with Crippen LogP contribution in [0.25, 0.3) is 0 Å². The molecule has 0 saturated carbocycles. The molecule has 0 aromatic carbocycles. The molecule has 0 rings (SSSR count). The maximum Gasteiger partial charge on any atom is 0.342 e. The predicted octanol–water partition coefficient (Wildman–Crippen LogP) is 3.08. The van der Waals surface area contributed by atoms with Gasteiger partial charge in [-0.3, -0.25) is 0 Å². The molecule has 0 saturated heterocycles. The van der Waals surface area contributed by atoms with E-state index in [2.05, 4.69) is 23.9 Å². The minimum Gasteiger partial charge on any atom is -0.309 e. The molecule has 0 unspecified atom stereocenters. The summed E-state index contributed by atoms with van der Waals surface area (Å²) in [5, 5.41) is 8.04. The summed E-state index contributed by atoms with van der Waals surface area (Å²) in [6, 6.07) is 0. The van der Waals surface area contributed by atoms with Crippen LogP contribution in [0.15, 0.2) is 0 Å². The Kier molecular flexibility index (Phi) is 11.4. The minimum absolute atomic E-state index is 0.333. The van der Waals surface area contributed by atoms with Crippen LogP contribution in [0, 0.1) is 0 Å². The first-order valence-electron chi connectivity index (χ1n) is 6.66. The molecule has 0 aromatic heterocycles. The molecule has 0 heterocycles. The van der Waals surface area contributed by atoms with Crippen molar-refractivity contribution in [3.63, 3.8) is 0 Å². The molecule has 0 aliphatic carbocycles. The van der Waals surface area contributed by atoms with Crippen LogP contribution in [0.2, 0.25) is 0 Å². The van der Waals surface area contributed by atoms with Crippen LogP contribution < -0.4 is 0 Å². The van der Waals surface area contributed by atoms with Gasteiger partial charge in [0.15, 0.2) is 0 Å². The highest BCUT2D eigenvalue weighted by Gasteiger charge is 2.00. The van der Waals surface area contributed by atoms with Gasteiger partial charge in [0.1, 0.15) is 0 Å². The van der Waals surface area contributed by atoms with Crippen LogP contribution >= 0.6 is 0 Å². The maximum atomic E-state index is 10.6. The van der Waals surface area contributed by atoms with E-state index in [1.54, 1.807) is 0 Å². The second-order valence-electron chi connectivity index (χ2n) is 4.84. The number of rotatable bonds is 11. The Bertz CT molecular complexity index is 184. The molecule has 0 spiro atoms. The van der Waals surface area contributed by atoms with Gasteiger partial charge in [-0.15, -0.1) is 0 Å². The fourth-order valence-electron chi connectivity index (χ4n) is 1.80. The van der Waals surface area contributed by atoms with Gasteiger partial charge in [-0.05, 0) is 33.5 Å². The van der Waals surface area contributed by atoms with Crippen molar-refractivity contribution in [2.24, 2.45) is 0 Å². The lowest BCUT2D eigenvalue weighted by atomic mass is 10.1. The Balaban J connectivity index is 3.01. The molecule has 0 radical (unpaired) electrons. The van der Waals surface area contributed by atoms with E-state index in [9.17, 15) is 4.79 Å². The number of carbonyl (C=O) groups is 1. The van der Waals surface area contributed by atoms with E-state index in [0.717, 1.165) is 12.8 Å². The Labute approximate surface area is 105 Å². The van der Waals surface area contributed by atoms with Crippen molar-refractivity contribution >= 4 is 5.97 Å². The van der Waals surface area contributed by atoms with E-state index in [4.69, 9.17) is 5.26 Å². The van der Waals surface area contributed by atoms with Crippen molar-refractivity contribution in [2.45, 2.75) is 57.8 Å². The average molecular weight is 245 g/mol. The second kappa shape index (κ2) is 11.9. The van der Waals surface area contributed by atoms with Crippen LogP contribution in [-0.2, 0) is 9.68 Å². The fraction of sp³-hybridized carbons (Fsp3) is 0.923. The highest BCUT2D eigenvalue weighted by atomic mass is 17.1. The molecule has 17 heavy (non-hydrogen) atoms. The van der Waals surface area contributed by atoms with Gasteiger partial charge >= 0.3 is 5.97 Å². The molecule has 4 heteroatoms. The molecule has 0 aromatic rings. The lowest BCUT2D eigenvalue weighted by molar-refractivity contribution is -0.234. The quantitative estimate of drug-likeness (QED) is 0.345. The standard InChI is InChI=1S/C13H27NO3/c1-14(2)12-10-8-6-4-3-5-7-9-11-13(15)17-16/h16H,3-12H2,1-2H3. The maximum absolute atomic E-state index is 10.6.